The third-order valence-corrected chi connectivity index (χ3v) is 5.47. The van der Waals surface area contributed by atoms with E-state index in [1.165, 1.54) is 7.11 Å². The molecular formula is C22H26O5. The van der Waals surface area contributed by atoms with Gasteiger partial charge in [0.25, 0.3) is 0 Å². The number of benzene rings is 1. The lowest BCUT2D eigenvalue weighted by molar-refractivity contribution is -0.121. The summed E-state index contributed by atoms with van der Waals surface area (Å²) in [7, 11) is 1.36. The first-order valence-electron chi connectivity index (χ1n) is 9.55. The minimum atomic E-state index is -0.883. The molecule has 1 aromatic carbocycles. The minimum absolute atomic E-state index is 0.0759. The van der Waals surface area contributed by atoms with Crippen LogP contribution in [0.4, 0.5) is 0 Å². The molecule has 0 unspecified atom stereocenters. The second-order valence-electron chi connectivity index (χ2n) is 7.61. The Bertz CT molecular complexity index is 751. The molecule has 0 radical (unpaired) electrons. The van der Waals surface area contributed by atoms with Crippen molar-refractivity contribution >= 4 is 11.8 Å². The van der Waals surface area contributed by atoms with E-state index in [1.807, 2.05) is 12.1 Å². The van der Waals surface area contributed by atoms with Gasteiger partial charge in [-0.2, -0.15) is 0 Å². The molecule has 0 amide bonds. The lowest BCUT2D eigenvalue weighted by Crippen LogP contribution is -2.20. The van der Waals surface area contributed by atoms with E-state index in [4.69, 9.17) is 0 Å². The van der Waals surface area contributed by atoms with E-state index in [1.54, 1.807) is 12.1 Å². The van der Waals surface area contributed by atoms with Gasteiger partial charge in [0.2, 0.25) is 0 Å². The quantitative estimate of drug-likeness (QED) is 0.456. The van der Waals surface area contributed by atoms with Crippen molar-refractivity contribution in [2.24, 2.45) is 11.8 Å². The summed E-state index contributed by atoms with van der Waals surface area (Å²) in [6.45, 7) is 0. The van der Waals surface area contributed by atoms with E-state index < -0.39 is 11.7 Å². The highest BCUT2D eigenvalue weighted by Crippen LogP contribution is 2.36. The van der Waals surface area contributed by atoms with Crippen molar-refractivity contribution in [3.8, 4) is 11.8 Å². The third-order valence-electron chi connectivity index (χ3n) is 5.47. The van der Waals surface area contributed by atoms with Crippen molar-refractivity contribution in [3.63, 3.8) is 0 Å². The average Bonchev–Trinajstić information content (AvgIpc) is 3.33. The normalized spacial score (nSPS) is 25.6. The van der Waals surface area contributed by atoms with Gasteiger partial charge in [-0.1, -0.05) is 30.4 Å². The molecule has 2 aliphatic carbocycles. The van der Waals surface area contributed by atoms with Crippen molar-refractivity contribution in [1.29, 1.82) is 0 Å². The highest BCUT2D eigenvalue weighted by Gasteiger charge is 2.42. The van der Waals surface area contributed by atoms with Gasteiger partial charge in [-0.25, -0.2) is 4.79 Å². The molecule has 0 saturated heterocycles. The van der Waals surface area contributed by atoms with Gasteiger partial charge in [-0.05, 0) is 49.8 Å². The van der Waals surface area contributed by atoms with Crippen molar-refractivity contribution in [2.75, 3.05) is 7.11 Å². The lowest BCUT2D eigenvalue weighted by atomic mass is 9.89. The zero-order chi connectivity index (χ0) is 19.4. The van der Waals surface area contributed by atoms with Crippen LogP contribution in [0.1, 0.15) is 54.4 Å². The van der Waals surface area contributed by atoms with E-state index in [2.05, 4.69) is 16.6 Å². The third kappa shape index (κ3) is 4.97. The second kappa shape index (κ2) is 8.24. The Kier molecular flexibility index (Phi) is 5.98. The van der Waals surface area contributed by atoms with Gasteiger partial charge in [0, 0.05) is 12.3 Å². The Hall–Kier alpha value is -2.16. The number of ketones is 1. The van der Waals surface area contributed by atoms with Crippen molar-refractivity contribution in [3.05, 3.63) is 35.4 Å². The fourth-order valence-corrected chi connectivity index (χ4v) is 3.57. The number of methoxy groups -OCH3 is 1. The maximum absolute atomic E-state index is 12.2. The molecule has 0 heterocycles. The van der Waals surface area contributed by atoms with E-state index >= 15 is 0 Å². The molecule has 3 rings (SSSR count). The van der Waals surface area contributed by atoms with E-state index in [9.17, 15) is 19.8 Å². The van der Waals surface area contributed by atoms with Crippen LogP contribution < -0.4 is 0 Å². The number of aliphatic hydroxyl groups is 2. The summed E-state index contributed by atoms with van der Waals surface area (Å²) in [6, 6.07) is 7.35. The molecule has 0 bridgehead atoms. The van der Waals surface area contributed by atoms with Crippen molar-refractivity contribution < 1.29 is 24.5 Å². The van der Waals surface area contributed by atoms with E-state index in [0.717, 1.165) is 24.8 Å². The predicted octanol–water partition coefficient (Wildman–Crippen LogP) is 2.28. The van der Waals surface area contributed by atoms with Crippen LogP contribution >= 0.6 is 0 Å². The van der Waals surface area contributed by atoms with Crippen LogP contribution in [0.5, 0.6) is 0 Å². The number of hydrogen-bond acceptors (Lipinski definition) is 5. The number of aliphatic hydroxyl groups excluding tert-OH is 1. The predicted molar refractivity (Wildman–Crippen MR) is 99.9 cm³/mol. The summed E-state index contributed by atoms with van der Waals surface area (Å²) in [6.07, 6.45) is 4.15. The van der Waals surface area contributed by atoms with E-state index in [-0.39, 0.29) is 30.0 Å². The number of Topliss-reactive ketones (excluding diaryl/α,β-unsaturated/α-hetero) is 1. The fraction of sp³-hybridized carbons (Fsp3) is 0.545. The average molecular weight is 370 g/mol. The van der Waals surface area contributed by atoms with Gasteiger partial charge >= 0.3 is 5.97 Å². The van der Waals surface area contributed by atoms with Crippen molar-refractivity contribution in [2.45, 2.75) is 56.7 Å². The van der Waals surface area contributed by atoms with Crippen LogP contribution in [0.3, 0.4) is 0 Å². The van der Waals surface area contributed by atoms with Gasteiger partial charge < -0.3 is 14.9 Å². The number of aryl methyl sites for hydroxylation is 1. The number of ether oxygens (including phenoxy) is 1. The highest BCUT2D eigenvalue weighted by molar-refractivity contribution is 5.89. The number of hydrogen-bond donors (Lipinski definition) is 2. The smallest absolute Gasteiger partial charge is 0.337 e. The monoisotopic (exact) mass is 370 g/mol. The summed E-state index contributed by atoms with van der Waals surface area (Å²) >= 11 is 0. The maximum atomic E-state index is 12.2. The molecule has 3 atom stereocenters. The molecule has 0 spiro atoms. The first-order chi connectivity index (χ1) is 12.9. The highest BCUT2D eigenvalue weighted by atomic mass is 16.5. The largest absolute Gasteiger partial charge is 0.465 e. The zero-order valence-electron chi connectivity index (χ0n) is 15.6. The molecule has 1 aromatic rings. The van der Waals surface area contributed by atoms with Crippen LogP contribution in [-0.2, 0) is 16.0 Å². The van der Waals surface area contributed by atoms with E-state index in [0.29, 0.717) is 24.8 Å². The molecule has 5 heteroatoms. The van der Waals surface area contributed by atoms with Gasteiger partial charge in [0.1, 0.15) is 11.4 Å². The number of carbonyl (C=O) groups excluding carboxylic acids is 2. The zero-order valence-corrected chi connectivity index (χ0v) is 15.6. The molecular weight excluding hydrogens is 344 g/mol. The second-order valence-corrected chi connectivity index (χ2v) is 7.61. The molecule has 2 saturated carbocycles. The van der Waals surface area contributed by atoms with Crippen LogP contribution in [0.2, 0.25) is 0 Å². The number of unbranched alkanes of at least 4 members (excludes halogenated alkanes) is 1. The van der Waals surface area contributed by atoms with Gasteiger partial charge in [0.05, 0.1) is 24.7 Å². The number of rotatable bonds is 6. The molecule has 144 valence electrons. The molecule has 0 aliphatic heterocycles. The molecule has 2 aliphatic rings. The summed E-state index contributed by atoms with van der Waals surface area (Å²) in [5.74, 6) is 4.96. The van der Waals surface area contributed by atoms with Crippen molar-refractivity contribution in [1.82, 2.24) is 0 Å². The first-order valence-corrected chi connectivity index (χ1v) is 9.55. The SMILES string of the molecule is COC(=O)c1ccc(CCCC[C@H]2C(=O)C[C@@H](O)[C@@H]2C#CC2(O)CC2)cc1. The maximum Gasteiger partial charge on any atom is 0.337 e. The lowest BCUT2D eigenvalue weighted by Gasteiger charge is -2.15. The first kappa shape index (κ1) is 19.6. The summed E-state index contributed by atoms with van der Waals surface area (Å²) in [5, 5.41) is 20.0. The van der Waals surface area contributed by atoms with Gasteiger partial charge in [-0.15, -0.1) is 0 Å². The molecule has 2 fully saturated rings. The number of carbonyl (C=O) groups is 2. The number of esters is 1. The standard InChI is InChI=1S/C22H26O5/c1-27-21(25)16-8-6-15(7-9-16)4-2-3-5-17-18(20(24)14-19(17)23)10-11-22(26)12-13-22/h6-9,17-18,20,24,26H,2-5,12-14H2,1H3/t17-,18-,20-/m1/s1. The van der Waals surface area contributed by atoms with Gasteiger partial charge in [0.15, 0.2) is 0 Å². The summed E-state index contributed by atoms with van der Waals surface area (Å²) in [4.78, 5) is 23.6. The summed E-state index contributed by atoms with van der Waals surface area (Å²) < 4.78 is 4.69. The van der Waals surface area contributed by atoms with Crippen LogP contribution in [-0.4, -0.2) is 40.8 Å². The fourth-order valence-electron chi connectivity index (χ4n) is 3.57. The Morgan fingerprint density at radius 1 is 1.26 bits per heavy atom. The Labute approximate surface area is 159 Å². The van der Waals surface area contributed by atoms with Crippen LogP contribution in [0.15, 0.2) is 24.3 Å². The molecule has 5 nitrogen and oxygen atoms in total. The summed E-state index contributed by atoms with van der Waals surface area (Å²) in [5.41, 5.74) is 0.782. The minimum Gasteiger partial charge on any atom is -0.465 e. The van der Waals surface area contributed by atoms with Gasteiger partial charge in [-0.3, -0.25) is 4.79 Å². The Balaban J connectivity index is 1.49. The Morgan fingerprint density at radius 2 is 1.96 bits per heavy atom. The topological polar surface area (TPSA) is 83.8 Å². The Morgan fingerprint density at radius 3 is 2.59 bits per heavy atom. The van der Waals surface area contributed by atoms with Crippen LogP contribution in [0.25, 0.3) is 0 Å². The molecule has 0 aromatic heterocycles. The van der Waals surface area contributed by atoms with Crippen LogP contribution in [0, 0.1) is 23.7 Å². The molecule has 2 N–H and O–H groups in total. The molecule has 27 heavy (non-hydrogen) atoms.